The summed E-state index contributed by atoms with van der Waals surface area (Å²) in [4.78, 5) is 65.2. The Kier molecular flexibility index (Phi) is 15.6. The van der Waals surface area contributed by atoms with Crippen LogP contribution in [-0.4, -0.2) is 167 Å². The van der Waals surface area contributed by atoms with Crippen LogP contribution in [0.15, 0.2) is 35.0 Å². The number of rotatable bonds is 10. The fourth-order valence-corrected chi connectivity index (χ4v) is 11.4. The molecule has 3 N–H and O–H groups in total. The minimum atomic E-state index is -1.77. The van der Waals surface area contributed by atoms with E-state index in [-0.39, 0.29) is 43.9 Å². The average Bonchev–Trinajstić information content (AvgIpc) is 4.02. The first-order valence-corrected chi connectivity index (χ1v) is 24.0. The van der Waals surface area contributed by atoms with Crippen LogP contribution in [0.4, 0.5) is 0 Å². The summed E-state index contributed by atoms with van der Waals surface area (Å²) < 4.78 is 56.8. The van der Waals surface area contributed by atoms with Gasteiger partial charge in [0.2, 0.25) is 0 Å². The molecule has 5 aliphatic rings. The van der Waals surface area contributed by atoms with Crippen molar-refractivity contribution < 1.29 is 71.8 Å². The molecule has 0 radical (unpaired) electrons. The van der Waals surface area contributed by atoms with Crippen molar-refractivity contribution in [3.8, 4) is 23.3 Å². The minimum absolute atomic E-state index is 0.0711. The van der Waals surface area contributed by atoms with Crippen LogP contribution in [0.5, 0.6) is 0 Å². The van der Waals surface area contributed by atoms with Gasteiger partial charge in [0.05, 0.1) is 23.4 Å². The summed E-state index contributed by atoms with van der Waals surface area (Å²) in [7, 11) is 5.09. The predicted molar refractivity (Wildman–Crippen MR) is 245 cm³/mol. The van der Waals surface area contributed by atoms with Crippen LogP contribution in [0.25, 0.3) is 11.5 Å². The van der Waals surface area contributed by atoms with E-state index < -0.39 is 125 Å². The molecule has 0 spiro atoms. The molecule has 5 saturated heterocycles. The molecule has 2 aromatic heterocycles. The number of Topliss-reactive ketones (excluding diaryl/α,β-unsaturated/α-hetero) is 2. The van der Waals surface area contributed by atoms with Gasteiger partial charge in [-0.05, 0) is 93.0 Å². The first kappa shape index (κ1) is 52.6. The van der Waals surface area contributed by atoms with Crippen LogP contribution in [0.2, 0.25) is 0 Å². The number of aliphatic hydroxyl groups excluding tert-OH is 2. The summed E-state index contributed by atoms with van der Waals surface area (Å²) in [5.41, 5.74) is -4.83. The van der Waals surface area contributed by atoms with Crippen molar-refractivity contribution in [1.29, 1.82) is 0 Å². The van der Waals surface area contributed by atoms with Crippen molar-refractivity contribution in [2.75, 3.05) is 34.4 Å². The molecule has 69 heavy (non-hydrogen) atoms. The zero-order valence-electron chi connectivity index (χ0n) is 41.8. The zero-order chi connectivity index (χ0) is 50.4. The Bertz CT molecular complexity index is 2250. The van der Waals surface area contributed by atoms with E-state index in [1.54, 1.807) is 72.9 Å². The highest BCUT2D eigenvalue weighted by molar-refractivity contribution is 6.01. The van der Waals surface area contributed by atoms with Gasteiger partial charge in [0.1, 0.15) is 60.6 Å². The van der Waals surface area contributed by atoms with Crippen molar-refractivity contribution in [2.24, 2.45) is 23.2 Å². The fraction of sp³-hybridized carbons (Fsp3) is 0.720. The molecule has 5 fully saturated rings. The normalized spacial score (nSPS) is 42.0. The van der Waals surface area contributed by atoms with Crippen molar-refractivity contribution in [3.63, 3.8) is 0 Å². The molecule has 0 aromatic carbocycles. The SMILES string of the molecule is CC[C@@H]1OC(=O)[C@H](C)C(=O)[C@H](O[C@H]2CC(C)(OC)C(O)[C@H](C)O2)[C@@H](O[C@@H]2O[C@H](C)C[C@H](N(C)C)[C@H]2O)[C@@](C)(OCC#Cc2cc(-c3ccccn3)on2)C[C@@H](C)C(=O)C2(C)CNC3C(=O)O[C@@]1(C)C32. The van der Waals surface area contributed by atoms with Crippen molar-refractivity contribution in [2.45, 2.75) is 172 Å². The number of carbonyl (C=O) groups is 4. The van der Waals surface area contributed by atoms with Gasteiger partial charge in [-0.3, -0.25) is 24.2 Å². The number of ketones is 2. The highest BCUT2D eigenvalue weighted by Crippen LogP contribution is 2.53. The number of carbonyl (C=O) groups excluding carboxylic acids is 4. The number of hydrogen-bond donors (Lipinski definition) is 3. The number of methoxy groups -OCH3 is 1. The molecular weight excluding hydrogens is 897 g/mol. The Morgan fingerprint density at radius 2 is 1.71 bits per heavy atom. The Morgan fingerprint density at radius 3 is 2.38 bits per heavy atom. The summed E-state index contributed by atoms with van der Waals surface area (Å²) in [5, 5.41) is 30.5. The van der Waals surface area contributed by atoms with E-state index in [9.17, 15) is 19.8 Å². The molecule has 7 heterocycles. The number of esters is 2. The van der Waals surface area contributed by atoms with Gasteiger partial charge in [0, 0.05) is 55.6 Å². The molecule has 0 bridgehead atoms. The second-order valence-electron chi connectivity index (χ2n) is 20.6. The molecule has 5 unspecified atom stereocenters. The van der Waals surface area contributed by atoms with Crippen molar-refractivity contribution >= 4 is 23.5 Å². The van der Waals surface area contributed by atoms with Gasteiger partial charge < -0.3 is 62.8 Å². The van der Waals surface area contributed by atoms with Crippen LogP contribution < -0.4 is 5.32 Å². The third kappa shape index (κ3) is 10.2. The smallest absolute Gasteiger partial charge is 0.324 e. The zero-order valence-corrected chi connectivity index (χ0v) is 41.8. The van der Waals surface area contributed by atoms with E-state index >= 15 is 9.59 Å². The highest BCUT2D eigenvalue weighted by Gasteiger charge is 2.69. The molecule has 0 saturated carbocycles. The number of nitrogens with zero attached hydrogens (tertiary/aromatic N) is 3. The minimum Gasteiger partial charge on any atom is -0.458 e. The maximum atomic E-state index is 15.5. The van der Waals surface area contributed by atoms with Crippen LogP contribution >= 0.6 is 0 Å². The number of pyridine rings is 1. The van der Waals surface area contributed by atoms with E-state index in [4.69, 9.17) is 42.4 Å². The van der Waals surface area contributed by atoms with E-state index in [1.165, 1.54) is 14.0 Å². The Balaban J connectivity index is 1.38. The Labute approximate surface area is 403 Å². The van der Waals surface area contributed by atoms with Crippen molar-refractivity contribution in [1.82, 2.24) is 20.4 Å². The standard InChI is InChI=1S/C50H70N4O15/c1-13-34-50(9)40-36(45(60)68-50)52-25-47(40,6)41(57)26(2)23-49(8,62-20-16-17-30-22-33(69-53-30)31-18-14-15-19-51-31)43(67-46-38(56)32(54(10)11)21-27(3)63-46)39(37(55)28(4)44(59)65-34)66-35-24-48(7,61-12)42(58)29(5)64-35/h14-15,18-19,22,26-29,32,34-36,38-40,42-43,46,52,56,58H,13,20-21,23-25H2,1-12H3/t26-,27-,28-,29+,32+,34+,35+,36?,38-,39+,40?,42?,43-,46+,47?,48?,49+,50-/m1/s1. The molecule has 0 amide bonds. The highest BCUT2D eigenvalue weighted by atomic mass is 16.7. The fourth-order valence-electron chi connectivity index (χ4n) is 11.4. The number of hydrogen-bond acceptors (Lipinski definition) is 19. The first-order valence-electron chi connectivity index (χ1n) is 24.0. The van der Waals surface area contributed by atoms with Gasteiger partial charge in [-0.1, -0.05) is 37.9 Å². The maximum absolute atomic E-state index is 15.5. The third-order valence-electron chi connectivity index (χ3n) is 15.3. The molecule has 18 atom stereocenters. The second kappa shape index (κ2) is 20.5. The average molecular weight is 967 g/mol. The van der Waals surface area contributed by atoms with Gasteiger partial charge >= 0.3 is 11.9 Å². The summed E-state index contributed by atoms with van der Waals surface area (Å²) in [6, 6.07) is 5.67. The molecule has 2 aromatic rings. The lowest BCUT2D eigenvalue weighted by Crippen LogP contribution is -2.63. The quantitative estimate of drug-likeness (QED) is 0.176. The van der Waals surface area contributed by atoms with Gasteiger partial charge in [0.15, 0.2) is 35.4 Å². The lowest BCUT2D eigenvalue weighted by Gasteiger charge is -2.49. The first-order chi connectivity index (χ1) is 32.5. The monoisotopic (exact) mass is 966 g/mol. The third-order valence-corrected chi connectivity index (χ3v) is 15.3. The molecule has 0 aliphatic carbocycles. The van der Waals surface area contributed by atoms with Crippen LogP contribution in [-0.2, 0) is 57.1 Å². The number of aromatic nitrogens is 2. The van der Waals surface area contributed by atoms with Crippen LogP contribution in [0.3, 0.4) is 0 Å². The molecule has 7 rings (SSSR count). The van der Waals surface area contributed by atoms with Gasteiger partial charge in [-0.25, -0.2) is 0 Å². The summed E-state index contributed by atoms with van der Waals surface area (Å²) in [6.07, 6.45) is -8.65. The largest absolute Gasteiger partial charge is 0.458 e. The molecule has 380 valence electrons. The summed E-state index contributed by atoms with van der Waals surface area (Å²) in [6.45, 7) is 15.0. The molecule has 19 nitrogen and oxygen atoms in total. The summed E-state index contributed by atoms with van der Waals surface area (Å²) in [5.74, 6) is 0.566. The Morgan fingerprint density at radius 1 is 0.971 bits per heavy atom. The lowest BCUT2D eigenvalue weighted by atomic mass is 9.62. The lowest BCUT2D eigenvalue weighted by molar-refractivity contribution is -0.328. The molecule has 19 heteroatoms. The van der Waals surface area contributed by atoms with E-state index in [2.05, 4.69) is 27.3 Å². The van der Waals surface area contributed by atoms with Gasteiger partial charge in [-0.2, -0.15) is 0 Å². The van der Waals surface area contributed by atoms with E-state index in [0.29, 0.717) is 17.9 Å². The second-order valence-corrected chi connectivity index (χ2v) is 20.6. The van der Waals surface area contributed by atoms with Gasteiger partial charge in [0.25, 0.3) is 0 Å². The molecular formula is C50H70N4O15. The number of aliphatic hydroxyl groups is 2. The number of ether oxygens (including phenoxy) is 8. The Hall–Kier alpha value is -4.20. The van der Waals surface area contributed by atoms with Crippen molar-refractivity contribution in [3.05, 3.63) is 36.2 Å². The number of nitrogens with one attached hydrogen (secondary N) is 1. The van der Waals surface area contributed by atoms with Gasteiger partial charge in [-0.15, -0.1) is 0 Å². The maximum Gasteiger partial charge on any atom is 0.324 e. The summed E-state index contributed by atoms with van der Waals surface area (Å²) >= 11 is 0. The molecule has 5 aliphatic heterocycles. The topological polar surface area (TPSA) is 237 Å². The van der Waals surface area contributed by atoms with E-state index in [0.717, 1.165) is 0 Å². The van der Waals surface area contributed by atoms with Crippen LogP contribution in [0.1, 0.15) is 93.7 Å². The number of likely N-dealkylation sites (N-methyl/N-ethyl adjacent to an activating group) is 1. The van der Waals surface area contributed by atoms with E-state index in [1.807, 2.05) is 32.0 Å². The van der Waals surface area contributed by atoms with Crippen LogP contribution in [0, 0.1) is 35.0 Å². The number of cyclic esters (lactones) is 1. The predicted octanol–water partition coefficient (Wildman–Crippen LogP) is 3.01.